The Kier molecular flexibility index (Phi) is 6.06. The van der Waals surface area contributed by atoms with Gasteiger partial charge in [-0.15, -0.1) is 0 Å². The molecule has 2 nitrogen and oxygen atoms in total. The highest BCUT2D eigenvalue weighted by Gasteiger charge is 2.22. The summed E-state index contributed by atoms with van der Waals surface area (Å²) >= 11 is 3.59. The van der Waals surface area contributed by atoms with Crippen molar-refractivity contribution in [2.24, 2.45) is 11.7 Å². The average Bonchev–Trinajstić information content (AvgIpc) is 2.45. The number of nitrogens with zero attached hydrogens (tertiary/aromatic N) is 1. The molecular weight excluding hydrogens is 312 g/mol. The van der Waals surface area contributed by atoms with Gasteiger partial charge < -0.3 is 10.6 Å². The maximum absolute atomic E-state index is 6.34. The van der Waals surface area contributed by atoms with Crippen LogP contribution >= 0.6 is 15.9 Å². The lowest BCUT2D eigenvalue weighted by Crippen LogP contribution is -2.37. The van der Waals surface area contributed by atoms with Crippen LogP contribution in [0.15, 0.2) is 28.7 Å². The van der Waals surface area contributed by atoms with E-state index < -0.39 is 0 Å². The number of hydrogen-bond acceptors (Lipinski definition) is 2. The molecule has 1 aromatic rings. The molecule has 0 aliphatic heterocycles. The summed E-state index contributed by atoms with van der Waals surface area (Å²) in [6.45, 7) is 3.46. The highest BCUT2D eigenvalue weighted by molar-refractivity contribution is 9.10. The predicted molar refractivity (Wildman–Crippen MR) is 89.7 cm³/mol. The van der Waals surface area contributed by atoms with Gasteiger partial charge in [0.2, 0.25) is 0 Å². The summed E-state index contributed by atoms with van der Waals surface area (Å²) in [5.41, 5.74) is 7.56. The van der Waals surface area contributed by atoms with Gasteiger partial charge in [-0.25, -0.2) is 0 Å². The van der Waals surface area contributed by atoms with Crippen LogP contribution in [0.5, 0.6) is 0 Å². The number of nitrogens with two attached hydrogens (primary N) is 1. The molecule has 0 saturated heterocycles. The first kappa shape index (κ1) is 16.0. The minimum absolute atomic E-state index is 0.119. The number of halogens is 1. The molecule has 0 bridgehead atoms. The maximum atomic E-state index is 6.34. The maximum Gasteiger partial charge on any atom is 0.0318 e. The Morgan fingerprint density at radius 3 is 2.80 bits per heavy atom. The topological polar surface area (TPSA) is 29.3 Å². The van der Waals surface area contributed by atoms with Crippen LogP contribution in [0, 0.1) is 5.92 Å². The van der Waals surface area contributed by atoms with E-state index in [-0.39, 0.29) is 6.04 Å². The van der Waals surface area contributed by atoms with Gasteiger partial charge in [0.1, 0.15) is 0 Å². The molecule has 20 heavy (non-hydrogen) atoms. The first-order valence-corrected chi connectivity index (χ1v) is 8.57. The minimum atomic E-state index is 0.119. The lowest BCUT2D eigenvalue weighted by Gasteiger charge is -2.34. The quantitative estimate of drug-likeness (QED) is 0.864. The van der Waals surface area contributed by atoms with E-state index in [4.69, 9.17) is 5.73 Å². The predicted octanol–water partition coefficient (Wildman–Crippen LogP) is 4.35. The van der Waals surface area contributed by atoms with E-state index in [0.29, 0.717) is 0 Å². The molecule has 1 saturated carbocycles. The average molecular weight is 339 g/mol. The Balaban J connectivity index is 1.83. The van der Waals surface area contributed by atoms with Crippen molar-refractivity contribution < 1.29 is 0 Å². The zero-order chi connectivity index (χ0) is 14.5. The van der Waals surface area contributed by atoms with Gasteiger partial charge in [-0.1, -0.05) is 53.9 Å². The Bertz CT molecular complexity index is 421. The van der Waals surface area contributed by atoms with Crippen molar-refractivity contribution in [3.05, 3.63) is 34.3 Å². The fraction of sp³-hybridized carbons (Fsp3) is 0.647. The Hall–Kier alpha value is -0.380. The van der Waals surface area contributed by atoms with Gasteiger partial charge in [-0.2, -0.15) is 0 Å². The van der Waals surface area contributed by atoms with E-state index in [1.54, 1.807) is 0 Å². The fourth-order valence-corrected chi connectivity index (χ4v) is 3.84. The van der Waals surface area contributed by atoms with Crippen LogP contribution in [-0.2, 0) is 0 Å². The molecule has 1 aliphatic rings. The summed E-state index contributed by atoms with van der Waals surface area (Å²) in [5.74, 6) is 0.883. The third-order valence-electron chi connectivity index (χ3n) is 4.63. The van der Waals surface area contributed by atoms with Crippen LogP contribution in [0.4, 0.5) is 0 Å². The van der Waals surface area contributed by atoms with Crippen LogP contribution in [0.2, 0.25) is 0 Å². The van der Waals surface area contributed by atoms with E-state index >= 15 is 0 Å². The van der Waals surface area contributed by atoms with Gasteiger partial charge in [0.05, 0.1) is 0 Å². The molecule has 3 unspecified atom stereocenters. The molecule has 3 heteroatoms. The molecule has 1 aliphatic carbocycles. The van der Waals surface area contributed by atoms with Crippen LogP contribution in [-0.4, -0.2) is 24.5 Å². The Labute approximate surface area is 131 Å². The SMILES string of the molecule is CC1CCCC(N(C)CCC(N)c2ccccc2Br)C1. The van der Waals surface area contributed by atoms with Crippen LogP contribution < -0.4 is 5.73 Å². The normalized spacial score (nSPS) is 24.9. The van der Waals surface area contributed by atoms with Gasteiger partial charge in [0.15, 0.2) is 0 Å². The van der Waals surface area contributed by atoms with Gasteiger partial charge in [-0.3, -0.25) is 0 Å². The van der Waals surface area contributed by atoms with Crippen molar-refractivity contribution in [3.8, 4) is 0 Å². The first-order chi connectivity index (χ1) is 9.58. The van der Waals surface area contributed by atoms with E-state index in [1.165, 1.54) is 31.2 Å². The summed E-state index contributed by atoms with van der Waals surface area (Å²) in [6, 6.07) is 9.17. The van der Waals surface area contributed by atoms with Crippen molar-refractivity contribution in [2.75, 3.05) is 13.6 Å². The molecule has 3 atom stereocenters. The molecule has 2 rings (SSSR count). The van der Waals surface area contributed by atoms with Crippen LogP contribution in [0.1, 0.15) is 50.6 Å². The van der Waals surface area contributed by atoms with Gasteiger partial charge >= 0.3 is 0 Å². The second kappa shape index (κ2) is 7.58. The molecule has 0 amide bonds. The Morgan fingerprint density at radius 1 is 1.35 bits per heavy atom. The summed E-state index contributed by atoms with van der Waals surface area (Å²) in [6.07, 6.45) is 6.50. The number of benzene rings is 1. The van der Waals surface area contributed by atoms with Crippen molar-refractivity contribution in [1.29, 1.82) is 0 Å². The highest BCUT2D eigenvalue weighted by atomic mass is 79.9. The van der Waals surface area contributed by atoms with E-state index in [9.17, 15) is 0 Å². The molecule has 0 radical (unpaired) electrons. The largest absolute Gasteiger partial charge is 0.324 e. The lowest BCUT2D eigenvalue weighted by atomic mass is 9.86. The molecule has 1 aromatic carbocycles. The summed E-state index contributed by atoms with van der Waals surface area (Å²) in [4.78, 5) is 2.52. The summed E-state index contributed by atoms with van der Waals surface area (Å²) < 4.78 is 1.13. The molecular formula is C17H27BrN2. The third kappa shape index (κ3) is 4.31. The standard InChI is InChI=1S/C17H27BrN2/c1-13-6-5-7-14(12-13)20(2)11-10-17(19)15-8-3-4-9-16(15)18/h3-4,8-9,13-14,17H,5-7,10-12,19H2,1-2H3. The van der Waals surface area contributed by atoms with Crippen molar-refractivity contribution in [1.82, 2.24) is 4.90 Å². The summed E-state index contributed by atoms with van der Waals surface area (Å²) in [7, 11) is 2.26. The molecule has 1 fully saturated rings. The van der Waals surface area contributed by atoms with Gasteiger partial charge in [-0.05, 0) is 50.4 Å². The van der Waals surface area contributed by atoms with Crippen LogP contribution in [0.3, 0.4) is 0 Å². The van der Waals surface area contributed by atoms with Crippen molar-refractivity contribution in [2.45, 2.75) is 51.1 Å². The Morgan fingerprint density at radius 2 is 2.10 bits per heavy atom. The minimum Gasteiger partial charge on any atom is -0.324 e. The monoisotopic (exact) mass is 338 g/mol. The lowest BCUT2D eigenvalue weighted by molar-refractivity contribution is 0.160. The fourth-order valence-electron chi connectivity index (χ4n) is 3.26. The molecule has 0 heterocycles. The zero-order valence-electron chi connectivity index (χ0n) is 12.7. The molecule has 2 N–H and O–H groups in total. The van der Waals surface area contributed by atoms with Crippen molar-refractivity contribution >= 4 is 15.9 Å². The van der Waals surface area contributed by atoms with E-state index in [2.05, 4.69) is 53.0 Å². The van der Waals surface area contributed by atoms with Gasteiger partial charge in [0, 0.05) is 16.6 Å². The first-order valence-electron chi connectivity index (χ1n) is 7.78. The third-order valence-corrected chi connectivity index (χ3v) is 5.35. The number of rotatable bonds is 5. The molecule has 112 valence electrons. The summed E-state index contributed by atoms with van der Waals surface area (Å²) in [5, 5.41) is 0. The van der Waals surface area contributed by atoms with Gasteiger partial charge in [0.25, 0.3) is 0 Å². The molecule has 0 aromatic heterocycles. The van der Waals surface area contributed by atoms with Crippen LogP contribution in [0.25, 0.3) is 0 Å². The smallest absolute Gasteiger partial charge is 0.0318 e. The van der Waals surface area contributed by atoms with Crippen molar-refractivity contribution in [3.63, 3.8) is 0 Å². The molecule has 0 spiro atoms. The zero-order valence-corrected chi connectivity index (χ0v) is 14.3. The second-order valence-electron chi connectivity index (χ2n) is 6.32. The van der Waals surface area contributed by atoms with E-state index in [0.717, 1.165) is 29.4 Å². The second-order valence-corrected chi connectivity index (χ2v) is 7.18. The van der Waals surface area contributed by atoms with E-state index in [1.807, 2.05) is 6.07 Å². The number of hydrogen-bond donors (Lipinski definition) is 1. The highest BCUT2D eigenvalue weighted by Crippen LogP contribution is 2.28.